The van der Waals surface area contributed by atoms with Gasteiger partial charge in [0.1, 0.15) is 5.82 Å². The van der Waals surface area contributed by atoms with Gasteiger partial charge in [0.05, 0.1) is 19.8 Å². The number of hydrogen-bond donors (Lipinski definition) is 0. The van der Waals surface area contributed by atoms with Gasteiger partial charge in [-0.25, -0.2) is 4.98 Å². The van der Waals surface area contributed by atoms with Crippen LogP contribution < -0.4 is 4.90 Å². The second-order valence-electron chi connectivity index (χ2n) is 7.25. The zero-order valence-electron chi connectivity index (χ0n) is 15.8. The molecular formula is C21H23N5O2. The molecule has 1 aromatic carbocycles. The first kappa shape index (κ1) is 17.3. The van der Waals surface area contributed by atoms with Crippen LogP contribution >= 0.6 is 0 Å². The zero-order valence-corrected chi connectivity index (χ0v) is 15.8. The fourth-order valence-electron chi connectivity index (χ4n) is 3.81. The van der Waals surface area contributed by atoms with Crippen molar-refractivity contribution in [1.29, 1.82) is 0 Å². The number of pyridine rings is 1. The SMILES string of the molecule is c1ccc2c(c1)CCN(Cc1nc(-c3ccc(N4CCOCC4)nc3)no1)C2. The van der Waals surface area contributed by atoms with Crippen molar-refractivity contribution in [2.45, 2.75) is 19.5 Å². The Labute approximate surface area is 163 Å². The minimum atomic E-state index is 0.591. The van der Waals surface area contributed by atoms with E-state index in [4.69, 9.17) is 9.26 Å². The van der Waals surface area contributed by atoms with Crippen LogP contribution in [0.4, 0.5) is 5.82 Å². The lowest BCUT2D eigenvalue weighted by atomic mass is 10.00. The summed E-state index contributed by atoms with van der Waals surface area (Å²) in [6.07, 6.45) is 2.88. The number of fused-ring (bicyclic) bond motifs is 1. The quantitative estimate of drug-likeness (QED) is 0.692. The molecule has 2 aromatic heterocycles. The molecule has 0 amide bonds. The number of aromatic nitrogens is 3. The Morgan fingerprint density at radius 1 is 0.964 bits per heavy atom. The smallest absolute Gasteiger partial charge is 0.241 e. The van der Waals surface area contributed by atoms with E-state index in [9.17, 15) is 0 Å². The third kappa shape index (κ3) is 3.63. The van der Waals surface area contributed by atoms with Gasteiger partial charge in [-0.15, -0.1) is 0 Å². The Kier molecular flexibility index (Phi) is 4.76. The molecule has 7 nitrogen and oxygen atoms in total. The van der Waals surface area contributed by atoms with E-state index in [0.717, 1.165) is 57.2 Å². The van der Waals surface area contributed by atoms with Gasteiger partial charge in [0, 0.05) is 37.9 Å². The topological polar surface area (TPSA) is 67.5 Å². The molecule has 0 N–H and O–H groups in total. The first-order chi connectivity index (χ1) is 13.8. The molecule has 28 heavy (non-hydrogen) atoms. The largest absolute Gasteiger partial charge is 0.378 e. The number of nitrogens with zero attached hydrogens (tertiary/aromatic N) is 5. The molecule has 0 bridgehead atoms. The lowest BCUT2D eigenvalue weighted by molar-refractivity contribution is 0.122. The monoisotopic (exact) mass is 377 g/mol. The number of ether oxygens (including phenoxy) is 1. The van der Waals surface area contributed by atoms with E-state index in [-0.39, 0.29) is 0 Å². The molecule has 1 fully saturated rings. The summed E-state index contributed by atoms with van der Waals surface area (Å²) in [4.78, 5) is 13.7. The minimum Gasteiger partial charge on any atom is -0.378 e. The Balaban J connectivity index is 1.25. The maximum Gasteiger partial charge on any atom is 0.241 e. The molecule has 2 aliphatic rings. The summed E-state index contributed by atoms with van der Waals surface area (Å²) in [5.74, 6) is 2.20. The number of anilines is 1. The van der Waals surface area contributed by atoms with E-state index in [0.29, 0.717) is 18.3 Å². The Hall–Kier alpha value is -2.77. The molecule has 0 radical (unpaired) electrons. The van der Waals surface area contributed by atoms with Gasteiger partial charge in [-0.3, -0.25) is 4.90 Å². The average Bonchev–Trinajstić information content (AvgIpc) is 3.23. The molecule has 1 saturated heterocycles. The van der Waals surface area contributed by atoms with Crippen molar-refractivity contribution in [2.24, 2.45) is 0 Å². The zero-order chi connectivity index (χ0) is 18.8. The molecule has 0 atom stereocenters. The lowest BCUT2D eigenvalue weighted by Crippen LogP contribution is -2.36. The van der Waals surface area contributed by atoms with Gasteiger partial charge in [0.25, 0.3) is 0 Å². The van der Waals surface area contributed by atoms with Crippen LogP contribution in [0.1, 0.15) is 17.0 Å². The second kappa shape index (κ2) is 7.69. The molecule has 2 aliphatic heterocycles. The predicted molar refractivity (Wildman–Crippen MR) is 105 cm³/mol. The molecule has 0 aliphatic carbocycles. The van der Waals surface area contributed by atoms with Crippen LogP contribution in [0.25, 0.3) is 11.4 Å². The Bertz CT molecular complexity index is 934. The van der Waals surface area contributed by atoms with Crippen molar-refractivity contribution in [3.8, 4) is 11.4 Å². The number of benzene rings is 1. The van der Waals surface area contributed by atoms with Crippen molar-refractivity contribution in [3.63, 3.8) is 0 Å². The average molecular weight is 377 g/mol. The summed E-state index contributed by atoms with van der Waals surface area (Å²) >= 11 is 0. The summed E-state index contributed by atoms with van der Waals surface area (Å²) in [5, 5.41) is 4.15. The van der Waals surface area contributed by atoms with Crippen molar-refractivity contribution in [1.82, 2.24) is 20.0 Å². The van der Waals surface area contributed by atoms with Gasteiger partial charge in [0.2, 0.25) is 11.7 Å². The summed E-state index contributed by atoms with van der Waals surface area (Å²) in [6, 6.07) is 12.6. The molecule has 144 valence electrons. The second-order valence-corrected chi connectivity index (χ2v) is 7.25. The summed E-state index contributed by atoms with van der Waals surface area (Å²) in [6.45, 7) is 5.83. The van der Waals surface area contributed by atoms with E-state index in [1.54, 1.807) is 0 Å². The maximum atomic E-state index is 5.50. The molecule has 4 heterocycles. The van der Waals surface area contributed by atoms with Gasteiger partial charge in [-0.2, -0.15) is 4.98 Å². The highest BCUT2D eigenvalue weighted by atomic mass is 16.5. The molecule has 0 spiro atoms. The summed E-state index contributed by atoms with van der Waals surface area (Å²) in [5.41, 5.74) is 3.70. The third-order valence-corrected chi connectivity index (χ3v) is 5.38. The van der Waals surface area contributed by atoms with E-state index in [1.807, 2.05) is 18.3 Å². The van der Waals surface area contributed by atoms with Crippen molar-refractivity contribution >= 4 is 5.82 Å². The normalized spacial score (nSPS) is 17.5. The molecule has 0 saturated carbocycles. The summed E-state index contributed by atoms with van der Waals surface area (Å²) in [7, 11) is 0. The fraction of sp³-hybridized carbons (Fsp3) is 0.381. The van der Waals surface area contributed by atoms with E-state index >= 15 is 0 Å². The highest BCUT2D eigenvalue weighted by Gasteiger charge is 2.19. The third-order valence-electron chi connectivity index (χ3n) is 5.38. The number of rotatable bonds is 4. The number of morpholine rings is 1. The molecular weight excluding hydrogens is 354 g/mol. The van der Waals surface area contributed by atoms with Gasteiger partial charge >= 0.3 is 0 Å². The minimum absolute atomic E-state index is 0.591. The van der Waals surface area contributed by atoms with Crippen LogP contribution in [0, 0.1) is 0 Å². The van der Waals surface area contributed by atoms with Crippen molar-refractivity contribution in [3.05, 3.63) is 59.6 Å². The van der Waals surface area contributed by atoms with Crippen LogP contribution in [0.5, 0.6) is 0 Å². The molecule has 5 rings (SSSR count). The lowest BCUT2D eigenvalue weighted by Gasteiger charge is -2.27. The van der Waals surface area contributed by atoms with Crippen molar-refractivity contribution in [2.75, 3.05) is 37.7 Å². The Morgan fingerprint density at radius 3 is 2.64 bits per heavy atom. The van der Waals surface area contributed by atoms with Crippen LogP contribution in [-0.4, -0.2) is 52.9 Å². The van der Waals surface area contributed by atoms with Gasteiger partial charge < -0.3 is 14.2 Å². The molecule has 7 heteroatoms. The van der Waals surface area contributed by atoms with Crippen LogP contribution in [0.2, 0.25) is 0 Å². The molecule has 3 aromatic rings. The van der Waals surface area contributed by atoms with E-state index in [1.165, 1.54) is 11.1 Å². The van der Waals surface area contributed by atoms with E-state index < -0.39 is 0 Å². The highest BCUT2D eigenvalue weighted by Crippen LogP contribution is 2.22. The van der Waals surface area contributed by atoms with E-state index in [2.05, 4.69) is 49.2 Å². The molecule has 0 unspecified atom stereocenters. The Morgan fingerprint density at radius 2 is 1.82 bits per heavy atom. The standard InChI is InChI=1S/C21H23N5O2/c1-2-4-18-14-25(8-7-16(18)3-1)15-20-23-21(24-28-20)17-5-6-19(22-13-17)26-9-11-27-12-10-26/h1-6,13H,7-12,14-15H2. The van der Waals surface area contributed by atoms with Gasteiger partial charge in [0.15, 0.2) is 0 Å². The first-order valence-electron chi connectivity index (χ1n) is 9.76. The fourth-order valence-corrected chi connectivity index (χ4v) is 3.81. The number of hydrogen-bond acceptors (Lipinski definition) is 7. The van der Waals surface area contributed by atoms with Gasteiger partial charge in [-0.05, 0) is 29.7 Å². The van der Waals surface area contributed by atoms with Gasteiger partial charge in [-0.1, -0.05) is 29.4 Å². The first-order valence-corrected chi connectivity index (χ1v) is 9.76. The van der Waals surface area contributed by atoms with Crippen LogP contribution in [0.3, 0.4) is 0 Å². The predicted octanol–water partition coefficient (Wildman–Crippen LogP) is 2.53. The van der Waals surface area contributed by atoms with Crippen LogP contribution in [-0.2, 0) is 24.2 Å². The maximum absolute atomic E-state index is 5.50. The summed E-state index contributed by atoms with van der Waals surface area (Å²) < 4.78 is 10.9. The van der Waals surface area contributed by atoms with Crippen LogP contribution in [0.15, 0.2) is 47.1 Å². The highest BCUT2D eigenvalue weighted by molar-refractivity contribution is 5.55. The van der Waals surface area contributed by atoms with Crippen molar-refractivity contribution < 1.29 is 9.26 Å².